The topological polar surface area (TPSA) is 111 Å². The fourth-order valence-electron chi connectivity index (χ4n) is 1.49. The molecule has 96 valence electrons. The smallest absolute Gasteiger partial charge is 0.311 e. The van der Waals surface area contributed by atoms with Crippen LogP contribution in [0.5, 0.6) is 5.75 Å². The van der Waals surface area contributed by atoms with E-state index in [2.05, 4.69) is 0 Å². The summed E-state index contributed by atoms with van der Waals surface area (Å²) >= 11 is 0. The van der Waals surface area contributed by atoms with Gasteiger partial charge in [-0.25, -0.2) is 0 Å². The van der Waals surface area contributed by atoms with Gasteiger partial charge < -0.3 is 5.11 Å². The molecule has 0 heterocycles. The van der Waals surface area contributed by atoms with Crippen molar-refractivity contribution in [2.75, 3.05) is 0 Å². The third-order valence-electron chi connectivity index (χ3n) is 2.55. The minimum absolute atomic E-state index is 0.0130. The molecule has 0 amide bonds. The highest BCUT2D eigenvalue weighted by Gasteiger charge is 2.19. The first-order valence-corrected chi connectivity index (χ1v) is 5.44. The number of nitriles is 2. The highest BCUT2D eigenvalue weighted by molar-refractivity contribution is 5.71. The molecule has 6 heteroatoms. The summed E-state index contributed by atoms with van der Waals surface area (Å²) in [5.41, 5.74) is 0.0696. The van der Waals surface area contributed by atoms with Crippen LogP contribution < -0.4 is 0 Å². The van der Waals surface area contributed by atoms with Gasteiger partial charge in [0.2, 0.25) is 5.75 Å². The fourth-order valence-corrected chi connectivity index (χ4v) is 1.49. The predicted molar refractivity (Wildman–Crippen MR) is 68.1 cm³/mol. The minimum atomic E-state index is -0.697. The summed E-state index contributed by atoms with van der Waals surface area (Å²) in [6.45, 7) is 3.69. The number of allylic oxidation sites excluding steroid dienone is 1. The number of nitro benzene ring substituents is 1. The Bertz CT molecular complexity index is 618. The molecule has 0 aliphatic heterocycles. The number of phenols is 1. The molecule has 6 nitrogen and oxygen atoms in total. The van der Waals surface area contributed by atoms with Crippen molar-refractivity contribution in [2.45, 2.75) is 19.8 Å². The molecule has 0 spiro atoms. The number of nitro groups is 1. The monoisotopic (exact) mass is 257 g/mol. The van der Waals surface area contributed by atoms with E-state index < -0.39 is 16.4 Å². The molecule has 0 radical (unpaired) electrons. The molecule has 0 saturated heterocycles. The van der Waals surface area contributed by atoms with Crippen LogP contribution >= 0.6 is 0 Å². The molecule has 0 aliphatic rings. The Morgan fingerprint density at radius 2 is 2.00 bits per heavy atom. The standard InChI is InChI=1S/C13H11N3O3/c1-8(2)10-4-11(3-9(6-14)7-15)13(17)12(5-10)16(18)19/h3-5,8,17H,1-2H3. The number of aromatic hydroxyl groups is 1. The molecule has 19 heavy (non-hydrogen) atoms. The normalized spacial score (nSPS) is 9.53. The molecule has 0 aliphatic carbocycles. The highest BCUT2D eigenvalue weighted by Crippen LogP contribution is 2.34. The van der Waals surface area contributed by atoms with Gasteiger partial charge in [-0.15, -0.1) is 0 Å². The van der Waals surface area contributed by atoms with Crippen molar-refractivity contribution in [2.24, 2.45) is 0 Å². The van der Waals surface area contributed by atoms with Crippen molar-refractivity contribution >= 4 is 11.8 Å². The molecule has 1 rings (SSSR count). The molecule has 1 aromatic rings. The summed E-state index contributed by atoms with van der Waals surface area (Å²) in [5, 5.41) is 38.0. The molecular formula is C13H11N3O3. The SMILES string of the molecule is CC(C)c1cc(C=C(C#N)C#N)c(O)c([N+](=O)[O-])c1. The van der Waals surface area contributed by atoms with Crippen LogP contribution in [0.15, 0.2) is 17.7 Å². The van der Waals surface area contributed by atoms with Crippen molar-refractivity contribution in [1.29, 1.82) is 10.5 Å². The average Bonchev–Trinajstić information content (AvgIpc) is 2.36. The van der Waals surface area contributed by atoms with Gasteiger partial charge >= 0.3 is 5.69 Å². The van der Waals surface area contributed by atoms with Crippen molar-refractivity contribution in [3.05, 3.63) is 38.9 Å². The molecular weight excluding hydrogens is 246 g/mol. The molecule has 0 atom stereocenters. The summed E-state index contributed by atoms with van der Waals surface area (Å²) in [7, 11) is 0. The van der Waals surface area contributed by atoms with Gasteiger partial charge in [-0.3, -0.25) is 10.1 Å². The van der Waals surface area contributed by atoms with E-state index in [0.29, 0.717) is 5.56 Å². The lowest BCUT2D eigenvalue weighted by Gasteiger charge is -2.08. The van der Waals surface area contributed by atoms with Crippen LogP contribution in [0.1, 0.15) is 30.9 Å². The Hall–Kier alpha value is -2.86. The van der Waals surface area contributed by atoms with E-state index in [9.17, 15) is 15.2 Å². The van der Waals surface area contributed by atoms with Gasteiger partial charge in [0.1, 0.15) is 17.7 Å². The number of nitrogens with zero attached hydrogens (tertiary/aromatic N) is 3. The van der Waals surface area contributed by atoms with Gasteiger partial charge in [0.25, 0.3) is 0 Å². The zero-order chi connectivity index (χ0) is 14.6. The molecule has 0 saturated carbocycles. The predicted octanol–water partition coefficient (Wildman–Crippen LogP) is 2.85. The zero-order valence-electron chi connectivity index (χ0n) is 10.4. The molecule has 0 bridgehead atoms. The number of hydrogen-bond acceptors (Lipinski definition) is 5. The van der Waals surface area contributed by atoms with Crippen LogP contribution in [-0.4, -0.2) is 10.0 Å². The Labute approximate surface area is 110 Å². The van der Waals surface area contributed by atoms with Crippen LogP contribution in [0.2, 0.25) is 0 Å². The quantitative estimate of drug-likeness (QED) is 0.508. The first kappa shape index (κ1) is 14.2. The Morgan fingerprint density at radius 3 is 2.42 bits per heavy atom. The number of hydrogen-bond donors (Lipinski definition) is 1. The second-order valence-electron chi connectivity index (χ2n) is 4.17. The van der Waals surface area contributed by atoms with Crippen molar-refractivity contribution in [1.82, 2.24) is 0 Å². The van der Waals surface area contributed by atoms with Crippen LogP contribution in [0.4, 0.5) is 5.69 Å². The Balaban J connectivity index is 3.57. The summed E-state index contributed by atoms with van der Waals surface area (Å²) in [5.74, 6) is -0.531. The summed E-state index contributed by atoms with van der Waals surface area (Å²) in [6.07, 6.45) is 1.13. The van der Waals surface area contributed by atoms with Crippen LogP contribution in [-0.2, 0) is 0 Å². The summed E-state index contributed by atoms with van der Waals surface area (Å²) < 4.78 is 0. The zero-order valence-corrected chi connectivity index (χ0v) is 10.4. The molecule has 0 fully saturated rings. The minimum Gasteiger partial charge on any atom is -0.502 e. The van der Waals surface area contributed by atoms with Gasteiger partial charge in [0.05, 0.1) is 4.92 Å². The van der Waals surface area contributed by atoms with Crippen LogP contribution in [0, 0.1) is 32.8 Å². The molecule has 1 aromatic carbocycles. The van der Waals surface area contributed by atoms with Gasteiger partial charge in [0.15, 0.2) is 0 Å². The van der Waals surface area contributed by atoms with Gasteiger partial charge in [-0.1, -0.05) is 13.8 Å². The van der Waals surface area contributed by atoms with Crippen LogP contribution in [0.3, 0.4) is 0 Å². The fraction of sp³-hybridized carbons (Fsp3) is 0.231. The number of benzene rings is 1. The number of phenolic OH excluding ortho intramolecular Hbond substituents is 1. The third kappa shape index (κ3) is 3.08. The second kappa shape index (κ2) is 5.65. The van der Waals surface area contributed by atoms with E-state index in [1.807, 2.05) is 13.8 Å². The van der Waals surface area contributed by atoms with E-state index in [4.69, 9.17) is 10.5 Å². The van der Waals surface area contributed by atoms with E-state index in [0.717, 1.165) is 6.08 Å². The van der Waals surface area contributed by atoms with Gasteiger partial charge in [-0.05, 0) is 23.6 Å². The molecule has 0 aromatic heterocycles. The molecule has 1 N–H and O–H groups in total. The maximum absolute atomic E-state index is 10.9. The van der Waals surface area contributed by atoms with Gasteiger partial charge in [0, 0.05) is 11.6 Å². The maximum atomic E-state index is 10.9. The maximum Gasteiger partial charge on any atom is 0.311 e. The first-order chi connectivity index (χ1) is 8.90. The Morgan fingerprint density at radius 1 is 1.42 bits per heavy atom. The van der Waals surface area contributed by atoms with Crippen molar-refractivity contribution < 1.29 is 10.0 Å². The molecule has 0 unspecified atom stereocenters. The Kier molecular flexibility index (Phi) is 4.23. The lowest BCUT2D eigenvalue weighted by Crippen LogP contribution is -1.95. The van der Waals surface area contributed by atoms with Crippen molar-refractivity contribution in [3.8, 4) is 17.9 Å². The highest BCUT2D eigenvalue weighted by atomic mass is 16.6. The van der Waals surface area contributed by atoms with E-state index in [1.54, 1.807) is 12.1 Å². The third-order valence-corrected chi connectivity index (χ3v) is 2.55. The second-order valence-corrected chi connectivity index (χ2v) is 4.17. The average molecular weight is 257 g/mol. The summed E-state index contributed by atoms with van der Waals surface area (Å²) in [6, 6.07) is 6.10. The lowest BCUT2D eigenvalue weighted by molar-refractivity contribution is -0.385. The van der Waals surface area contributed by atoms with Gasteiger partial charge in [-0.2, -0.15) is 10.5 Å². The van der Waals surface area contributed by atoms with E-state index in [1.165, 1.54) is 12.1 Å². The number of rotatable bonds is 3. The largest absolute Gasteiger partial charge is 0.502 e. The van der Waals surface area contributed by atoms with E-state index in [-0.39, 0.29) is 17.1 Å². The first-order valence-electron chi connectivity index (χ1n) is 5.44. The lowest BCUT2D eigenvalue weighted by atomic mass is 9.98. The summed E-state index contributed by atoms with van der Waals surface area (Å²) in [4.78, 5) is 10.2. The van der Waals surface area contributed by atoms with Crippen molar-refractivity contribution in [3.63, 3.8) is 0 Å². The van der Waals surface area contributed by atoms with Crippen LogP contribution in [0.25, 0.3) is 6.08 Å². The van der Waals surface area contributed by atoms with E-state index >= 15 is 0 Å².